The first-order valence-corrected chi connectivity index (χ1v) is 5.83. The first-order valence-electron chi connectivity index (χ1n) is 5.83. The summed E-state index contributed by atoms with van der Waals surface area (Å²) < 4.78 is 5.55. The van der Waals surface area contributed by atoms with Crippen LogP contribution in [0.3, 0.4) is 0 Å². The highest BCUT2D eigenvalue weighted by Gasteiger charge is 2.25. The first kappa shape index (κ1) is 10.4. The Labute approximate surface area is 86.6 Å². The van der Waals surface area contributed by atoms with Crippen LogP contribution in [0.2, 0.25) is 0 Å². The van der Waals surface area contributed by atoms with E-state index in [0.717, 1.165) is 19.1 Å². The Kier molecular flexibility index (Phi) is 3.42. The standard InChI is InChI=1S/C11H22N2O/c1-9-6-10(3-5-14-9)7-13-4-2-11(12)8-13/h9-11H,2-8,12H2,1H3/t9?,10?,11-/m0/s1. The molecule has 14 heavy (non-hydrogen) atoms. The van der Waals surface area contributed by atoms with Gasteiger partial charge in [0.25, 0.3) is 0 Å². The molecule has 3 atom stereocenters. The number of nitrogens with two attached hydrogens (primary N) is 1. The summed E-state index contributed by atoms with van der Waals surface area (Å²) in [5.41, 5.74) is 5.89. The monoisotopic (exact) mass is 198 g/mol. The molecule has 0 saturated carbocycles. The second-order valence-corrected chi connectivity index (χ2v) is 4.88. The molecule has 2 heterocycles. The number of ether oxygens (including phenoxy) is 1. The summed E-state index contributed by atoms with van der Waals surface area (Å²) in [7, 11) is 0. The second-order valence-electron chi connectivity index (χ2n) is 4.88. The van der Waals surface area contributed by atoms with Crippen molar-refractivity contribution in [3.8, 4) is 0 Å². The molecule has 2 aliphatic heterocycles. The molecule has 0 aliphatic carbocycles. The maximum atomic E-state index is 5.89. The van der Waals surface area contributed by atoms with E-state index in [1.165, 1.54) is 32.4 Å². The lowest BCUT2D eigenvalue weighted by molar-refractivity contribution is -0.00403. The van der Waals surface area contributed by atoms with Crippen molar-refractivity contribution < 1.29 is 4.74 Å². The van der Waals surface area contributed by atoms with E-state index in [1.54, 1.807) is 0 Å². The average Bonchev–Trinajstić information content (AvgIpc) is 2.51. The topological polar surface area (TPSA) is 38.5 Å². The predicted octanol–water partition coefficient (Wildman–Crippen LogP) is 0.834. The quantitative estimate of drug-likeness (QED) is 0.714. The van der Waals surface area contributed by atoms with E-state index >= 15 is 0 Å². The first-order chi connectivity index (χ1) is 6.74. The van der Waals surface area contributed by atoms with Gasteiger partial charge in [-0.2, -0.15) is 0 Å². The lowest BCUT2D eigenvalue weighted by atomic mass is 9.96. The molecule has 0 aromatic heterocycles. The minimum absolute atomic E-state index is 0.423. The fourth-order valence-corrected chi connectivity index (χ4v) is 2.65. The van der Waals surface area contributed by atoms with Gasteiger partial charge < -0.3 is 15.4 Å². The molecule has 2 aliphatic rings. The molecule has 2 rings (SSSR count). The number of hydrogen-bond donors (Lipinski definition) is 1. The minimum atomic E-state index is 0.423. The second kappa shape index (κ2) is 4.60. The Morgan fingerprint density at radius 1 is 1.43 bits per heavy atom. The number of likely N-dealkylation sites (tertiary alicyclic amines) is 1. The SMILES string of the molecule is CC1CC(CN2CC[C@H](N)C2)CCO1. The zero-order chi connectivity index (χ0) is 9.97. The van der Waals surface area contributed by atoms with Crippen LogP contribution < -0.4 is 5.73 Å². The summed E-state index contributed by atoms with van der Waals surface area (Å²) in [4.78, 5) is 2.52. The zero-order valence-corrected chi connectivity index (χ0v) is 9.11. The van der Waals surface area contributed by atoms with Crippen LogP contribution >= 0.6 is 0 Å². The summed E-state index contributed by atoms with van der Waals surface area (Å²) >= 11 is 0. The third-order valence-corrected chi connectivity index (χ3v) is 3.42. The maximum absolute atomic E-state index is 5.89. The largest absolute Gasteiger partial charge is 0.378 e. The van der Waals surface area contributed by atoms with Crippen LogP contribution in [0.1, 0.15) is 26.2 Å². The van der Waals surface area contributed by atoms with E-state index in [1.807, 2.05) is 0 Å². The van der Waals surface area contributed by atoms with E-state index in [9.17, 15) is 0 Å². The molecule has 3 nitrogen and oxygen atoms in total. The Bertz CT molecular complexity index is 186. The van der Waals surface area contributed by atoms with Crippen LogP contribution in [0.25, 0.3) is 0 Å². The van der Waals surface area contributed by atoms with Crippen molar-refractivity contribution in [2.45, 2.75) is 38.3 Å². The van der Waals surface area contributed by atoms with Crippen molar-refractivity contribution in [3.05, 3.63) is 0 Å². The molecule has 0 aromatic rings. The molecule has 2 saturated heterocycles. The number of nitrogens with zero attached hydrogens (tertiary/aromatic N) is 1. The van der Waals surface area contributed by atoms with Gasteiger partial charge in [-0.25, -0.2) is 0 Å². The highest BCUT2D eigenvalue weighted by atomic mass is 16.5. The molecule has 3 heteroatoms. The minimum Gasteiger partial charge on any atom is -0.378 e. The van der Waals surface area contributed by atoms with E-state index < -0.39 is 0 Å². The third kappa shape index (κ3) is 2.69. The van der Waals surface area contributed by atoms with Crippen LogP contribution in [0.4, 0.5) is 0 Å². The molecular formula is C11H22N2O. The molecule has 2 fully saturated rings. The Balaban J connectivity index is 1.74. The van der Waals surface area contributed by atoms with E-state index in [0.29, 0.717) is 12.1 Å². The molecule has 0 spiro atoms. The van der Waals surface area contributed by atoms with E-state index in [2.05, 4.69) is 11.8 Å². The van der Waals surface area contributed by atoms with Crippen LogP contribution in [0, 0.1) is 5.92 Å². The number of hydrogen-bond acceptors (Lipinski definition) is 3. The van der Waals surface area contributed by atoms with Gasteiger partial charge in [-0.15, -0.1) is 0 Å². The van der Waals surface area contributed by atoms with Gasteiger partial charge in [0.2, 0.25) is 0 Å². The molecule has 2 unspecified atom stereocenters. The van der Waals surface area contributed by atoms with Crippen molar-refractivity contribution in [2.24, 2.45) is 11.7 Å². The van der Waals surface area contributed by atoms with Gasteiger partial charge in [-0.1, -0.05) is 0 Å². The smallest absolute Gasteiger partial charge is 0.0550 e. The summed E-state index contributed by atoms with van der Waals surface area (Å²) in [6.07, 6.45) is 4.10. The average molecular weight is 198 g/mol. The van der Waals surface area contributed by atoms with Crippen molar-refractivity contribution in [3.63, 3.8) is 0 Å². The van der Waals surface area contributed by atoms with Crippen LogP contribution in [0.15, 0.2) is 0 Å². The third-order valence-electron chi connectivity index (χ3n) is 3.42. The molecular weight excluding hydrogens is 176 g/mol. The molecule has 82 valence electrons. The zero-order valence-electron chi connectivity index (χ0n) is 9.11. The van der Waals surface area contributed by atoms with Crippen LogP contribution in [0.5, 0.6) is 0 Å². The summed E-state index contributed by atoms with van der Waals surface area (Å²) in [5, 5.41) is 0. The van der Waals surface area contributed by atoms with Gasteiger partial charge in [0.15, 0.2) is 0 Å². The van der Waals surface area contributed by atoms with E-state index in [4.69, 9.17) is 10.5 Å². The summed E-state index contributed by atoms with van der Waals surface area (Å²) in [5.74, 6) is 0.837. The molecule has 2 N–H and O–H groups in total. The Morgan fingerprint density at radius 2 is 2.29 bits per heavy atom. The highest BCUT2D eigenvalue weighted by molar-refractivity contribution is 4.81. The van der Waals surface area contributed by atoms with Gasteiger partial charge in [0.1, 0.15) is 0 Å². The fraction of sp³-hybridized carbons (Fsp3) is 1.00. The predicted molar refractivity (Wildman–Crippen MR) is 57.2 cm³/mol. The van der Waals surface area contributed by atoms with Gasteiger partial charge in [0.05, 0.1) is 6.10 Å². The van der Waals surface area contributed by atoms with Crippen molar-refractivity contribution in [1.29, 1.82) is 0 Å². The fourth-order valence-electron chi connectivity index (χ4n) is 2.65. The Morgan fingerprint density at radius 3 is 2.93 bits per heavy atom. The molecule has 0 bridgehead atoms. The van der Waals surface area contributed by atoms with Gasteiger partial charge in [-0.3, -0.25) is 0 Å². The van der Waals surface area contributed by atoms with Gasteiger partial charge in [0, 0.05) is 25.7 Å². The van der Waals surface area contributed by atoms with Gasteiger partial charge in [-0.05, 0) is 38.6 Å². The van der Waals surface area contributed by atoms with Crippen molar-refractivity contribution >= 4 is 0 Å². The highest BCUT2D eigenvalue weighted by Crippen LogP contribution is 2.22. The van der Waals surface area contributed by atoms with Crippen molar-refractivity contribution in [1.82, 2.24) is 4.90 Å². The lowest BCUT2D eigenvalue weighted by Gasteiger charge is -2.30. The number of rotatable bonds is 2. The van der Waals surface area contributed by atoms with Crippen molar-refractivity contribution in [2.75, 3.05) is 26.2 Å². The molecule has 0 amide bonds. The maximum Gasteiger partial charge on any atom is 0.0550 e. The van der Waals surface area contributed by atoms with E-state index in [-0.39, 0.29) is 0 Å². The van der Waals surface area contributed by atoms with Crippen LogP contribution in [-0.4, -0.2) is 43.3 Å². The summed E-state index contributed by atoms with van der Waals surface area (Å²) in [6, 6.07) is 0.423. The summed E-state index contributed by atoms with van der Waals surface area (Å²) in [6.45, 7) is 6.67. The molecule has 0 aromatic carbocycles. The Hall–Kier alpha value is -0.120. The normalized spacial score (nSPS) is 40.3. The van der Waals surface area contributed by atoms with Gasteiger partial charge >= 0.3 is 0 Å². The molecule has 0 radical (unpaired) electrons. The van der Waals surface area contributed by atoms with Crippen LogP contribution in [-0.2, 0) is 4.74 Å². The lowest BCUT2D eigenvalue weighted by Crippen LogP contribution is -2.34.